The lowest BCUT2D eigenvalue weighted by Gasteiger charge is -2.37. The first-order valence-electron chi connectivity index (χ1n) is 10.8. The summed E-state index contributed by atoms with van der Waals surface area (Å²) in [7, 11) is 0. The van der Waals surface area contributed by atoms with Crippen LogP contribution in [0.15, 0.2) is 60.4 Å². The zero-order valence-electron chi connectivity index (χ0n) is 18.2. The second-order valence-corrected chi connectivity index (χ2v) is 8.47. The minimum absolute atomic E-state index is 0.0615. The van der Waals surface area contributed by atoms with Crippen LogP contribution >= 0.6 is 0 Å². The van der Waals surface area contributed by atoms with Gasteiger partial charge in [0, 0.05) is 0 Å². The average molecular weight is 409 g/mol. The van der Waals surface area contributed by atoms with E-state index >= 15 is 0 Å². The van der Waals surface area contributed by atoms with Crippen LogP contribution in [-0.2, 0) is 21.1 Å². The van der Waals surface area contributed by atoms with Gasteiger partial charge in [-0.2, -0.15) is 0 Å². The van der Waals surface area contributed by atoms with E-state index in [-0.39, 0.29) is 17.5 Å². The van der Waals surface area contributed by atoms with E-state index in [1.165, 1.54) is 32.1 Å². The van der Waals surface area contributed by atoms with Gasteiger partial charge in [0.15, 0.2) is 0 Å². The molecule has 1 atom stereocenters. The summed E-state index contributed by atoms with van der Waals surface area (Å²) in [6.07, 6.45) is 8.12. The van der Waals surface area contributed by atoms with Crippen molar-refractivity contribution < 1.29 is 19.3 Å². The standard InChI is InChI=1S/C26H32O4/c1-20(18-22-10-6-4-7-11-22)29-25(27)24-14-12-23(13-15-24)19-28-30-21(2)26(3)16-8-5-9-17-26/h4,6-7,10-15,18,21H,5,8-9,16-17,19H2,1-3H3/b20-18+. The molecule has 0 heterocycles. The maximum atomic E-state index is 12.4. The van der Waals surface area contributed by atoms with Gasteiger partial charge in [0.2, 0.25) is 0 Å². The number of rotatable bonds is 8. The maximum absolute atomic E-state index is 12.4. The van der Waals surface area contributed by atoms with Crippen molar-refractivity contribution in [3.05, 3.63) is 77.0 Å². The van der Waals surface area contributed by atoms with Crippen LogP contribution in [0.3, 0.4) is 0 Å². The highest BCUT2D eigenvalue weighted by atomic mass is 17.2. The van der Waals surface area contributed by atoms with Crippen molar-refractivity contribution in [1.82, 2.24) is 0 Å². The van der Waals surface area contributed by atoms with Crippen molar-refractivity contribution in [3.8, 4) is 0 Å². The molecule has 0 saturated heterocycles. The quantitative estimate of drug-likeness (QED) is 0.211. The third-order valence-corrected chi connectivity index (χ3v) is 6.03. The van der Waals surface area contributed by atoms with Crippen molar-refractivity contribution in [1.29, 1.82) is 0 Å². The second kappa shape index (κ2) is 10.6. The second-order valence-electron chi connectivity index (χ2n) is 8.47. The van der Waals surface area contributed by atoms with Crippen molar-refractivity contribution in [2.24, 2.45) is 5.41 Å². The van der Waals surface area contributed by atoms with Crippen molar-refractivity contribution in [2.45, 2.75) is 65.6 Å². The highest BCUT2D eigenvalue weighted by Gasteiger charge is 2.34. The summed E-state index contributed by atoms with van der Waals surface area (Å²) in [5.41, 5.74) is 2.64. The SMILES string of the molecule is C/C(=C\c1ccccc1)OC(=O)c1ccc(COOC(C)C2(C)CCCCC2)cc1. The molecule has 1 unspecified atom stereocenters. The molecule has 2 aromatic carbocycles. The summed E-state index contributed by atoms with van der Waals surface area (Å²) in [6.45, 7) is 6.51. The van der Waals surface area contributed by atoms with Crippen molar-refractivity contribution in [2.75, 3.05) is 0 Å². The number of ether oxygens (including phenoxy) is 1. The Bertz CT molecular complexity index is 833. The summed E-state index contributed by atoms with van der Waals surface area (Å²) < 4.78 is 5.44. The minimum atomic E-state index is -0.373. The molecule has 4 nitrogen and oxygen atoms in total. The Morgan fingerprint density at radius 3 is 2.37 bits per heavy atom. The van der Waals surface area contributed by atoms with Crippen molar-refractivity contribution >= 4 is 12.0 Å². The monoisotopic (exact) mass is 408 g/mol. The lowest BCUT2D eigenvalue weighted by molar-refractivity contribution is -0.349. The molecule has 0 aromatic heterocycles. The third-order valence-electron chi connectivity index (χ3n) is 6.03. The van der Waals surface area contributed by atoms with Gasteiger partial charge in [-0.25, -0.2) is 14.6 Å². The molecule has 1 fully saturated rings. The first kappa shape index (κ1) is 22.3. The molecule has 4 heteroatoms. The number of allylic oxidation sites excluding steroid dienone is 1. The van der Waals surface area contributed by atoms with Crippen LogP contribution in [0, 0.1) is 5.41 Å². The van der Waals surface area contributed by atoms with E-state index in [1.54, 1.807) is 19.1 Å². The zero-order chi connectivity index (χ0) is 21.4. The van der Waals surface area contributed by atoms with E-state index in [0.29, 0.717) is 17.9 Å². The van der Waals surface area contributed by atoms with Crippen molar-refractivity contribution in [3.63, 3.8) is 0 Å². The van der Waals surface area contributed by atoms with Gasteiger partial charge in [0.05, 0.1) is 11.7 Å². The topological polar surface area (TPSA) is 44.8 Å². The van der Waals surface area contributed by atoms with E-state index in [0.717, 1.165) is 11.1 Å². The smallest absolute Gasteiger partial charge is 0.343 e. The molecule has 1 saturated carbocycles. The van der Waals surface area contributed by atoms with Gasteiger partial charge >= 0.3 is 5.97 Å². The molecule has 0 aliphatic heterocycles. The number of hydrogen-bond acceptors (Lipinski definition) is 4. The molecular formula is C26H32O4. The first-order chi connectivity index (χ1) is 14.5. The van der Waals surface area contributed by atoms with E-state index in [1.807, 2.05) is 48.5 Å². The average Bonchev–Trinajstić information content (AvgIpc) is 2.75. The number of carbonyl (C=O) groups excluding carboxylic acids is 1. The maximum Gasteiger partial charge on any atom is 0.343 e. The summed E-state index contributed by atoms with van der Waals surface area (Å²) in [6, 6.07) is 17.0. The molecule has 3 rings (SSSR count). The fourth-order valence-corrected chi connectivity index (χ4v) is 3.84. The normalized spacial score (nSPS) is 17.4. The van der Waals surface area contributed by atoms with Crippen LogP contribution in [-0.4, -0.2) is 12.1 Å². The fraction of sp³-hybridized carbons (Fsp3) is 0.423. The summed E-state index contributed by atoms with van der Waals surface area (Å²) in [5.74, 6) is 0.180. The Kier molecular flexibility index (Phi) is 7.83. The predicted molar refractivity (Wildman–Crippen MR) is 118 cm³/mol. The van der Waals surface area contributed by atoms with Gasteiger partial charge in [-0.1, -0.05) is 68.7 Å². The van der Waals surface area contributed by atoms with Gasteiger partial charge in [-0.15, -0.1) is 0 Å². The molecule has 1 aliphatic rings. The third kappa shape index (κ3) is 6.28. The highest BCUT2D eigenvalue weighted by Crippen LogP contribution is 2.40. The fourth-order valence-electron chi connectivity index (χ4n) is 3.84. The lowest BCUT2D eigenvalue weighted by Crippen LogP contribution is -2.34. The molecule has 0 bridgehead atoms. The number of hydrogen-bond donors (Lipinski definition) is 0. The van der Waals surface area contributed by atoms with E-state index < -0.39 is 0 Å². The minimum Gasteiger partial charge on any atom is -0.428 e. The lowest BCUT2D eigenvalue weighted by atomic mass is 9.72. The molecule has 160 valence electrons. The summed E-state index contributed by atoms with van der Waals surface area (Å²) in [4.78, 5) is 23.5. The van der Waals surface area contributed by atoms with Crippen LogP contribution in [0.2, 0.25) is 0 Å². The van der Waals surface area contributed by atoms with Gasteiger partial charge in [-0.05, 0) is 61.4 Å². The molecule has 0 amide bonds. The number of benzene rings is 2. The summed E-state index contributed by atoms with van der Waals surface area (Å²) >= 11 is 0. The van der Waals surface area contributed by atoms with E-state index in [2.05, 4.69) is 13.8 Å². The Morgan fingerprint density at radius 1 is 1.03 bits per heavy atom. The Hall–Kier alpha value is -2.43. The largest absolute Gasteiger partial charge is 0.428 e. The van der Waals surface area contributed by atoms with E-state index in [9.17, 15) is 4.79 Å². The Balaban J connectivity index is 1.47. The molecule has 2 aromatic rings. The van der Waals surface area contributed by atoms with Gasteiger partial charge in [0.25, 0.3) is 0 Å². The molecule has 0 radical (unpaired) electrons. The highest BCUT2D eigenvalue weighted by molar-refractivity contribution is 5.90. The van der Waals surface area contributed by atoms with Crippen LogP contribution in [0.4, 0.5) is 0 Å². The van der Waals surface area contributed by atoms with Crippen LogP contribution in [0.25, 0.3) is 6.08 Å². The molecule has 0 N–H and O–H groups in total. The molecule has 30 heavy (non-hydrogen) atoms. The Morgan fingerprint density at radius 2 is 1.70 bits per heavy atom. The van der Waals surface area contributed by atoms with Gasteiger partial charge in [0.1, 0.15) is 12.4 Å². The molecule has 1 aliphatic carbocycles. The number of esters is 1. The predicted octanol–water partition coefficient (Wildman–Crippen LogP) is 6.71. The summed E-state index contributed by atoms with van der Waals surface area (Å²) in [5, 5.41) is 0. The number of carbonyl (C=O) groups is 1. The first-order valence-corrected chi connectivity index (χ1v) is 10.8. The van der Waals surface area contributed by atoms with Gasteiger partial charge in [-0.3, -0.25) is 0 Å². The van der Waals surface area contributed by atoms with Crippen LogP contribution in [0.5, 0.6) is 0 Å². The zero-order valence-corrected chi connectivity index (χ0v) is 18.2. The van der Waals surface area contributed by atoms with E-state index in [4.69, 9.17) is 14.5 Å². The molecule has 0 spiro atoms. The van der Waals surface area contributed by atoms with Crippen LogP contribution < -0.4 is 0 Å². The van der Waals surface area contributed by atoms with Crippen LogP contribution in [0.1, 0.15) is 74.4 Å². The van der Waals surface area contributed by atoms with Gasteiger partial charge < -0.3 is 4.74 Å². The molecular weight excluding hydrogens is 376 g/mol. The Labute approximate surface area is 179 Å².